The summed E-state index contributed by atoms with van der Waals surface area (Å²) in [6.45, 7) is 10.5. The number of benzene rings is 1. The monoisotopic (exact) mass is 532 g/mol. The Hall–Kier alpha value is -3.05. The lowest BCUT2D eigenvalue weighted by Gasteiger charge is -2.35. The summed E-state index contributed by atoms with van der Waals surface area (Å²) in [6, 6.07) is 5.02. The number of hydrogen-bond acceptors (Lipinski definition) is 7. The molecule has 3 aliphatic rings. The molecular formula is C31H44N6O2. The molecule has 1 aromatic heterocycles. The third-order valence-electron chi connectivity index (χ3n) is 8.39. The van der Waals surface area contributed by atoms with E-state index in [0.717, 1.165) is 93.2 Å². The predicted molar refractivity (Wildman–Crippen MR) is 157 cm³/mol. The average molecular weight is 533 g/mol. The summed E-state index contributed by atoms with van der Waals surface area (Å²) in [5.41, 5.74) is 1.68. The molecule has 4 heterocycles. The van der Waals surface area contributed by atoms with Crippen LogP contribution in [0.4, 0.5) is 11.8 Å². The van der Waals surface area contributed by atoms with Gasteiger partial charge < -0.3 is 24.8 Å². The number of aromatic nitrogens is 2. The zero-order valence-electron chi connectivity index (χ0n) is 24.0. The third kappa shape index (κ3) is 6.75. The first-order valence-corrected chi connectivity index (χ1v) is 14.9. The zero-order valence-corrected chi connectivity index (χ0v) is 24.0. The Morgan fingerprint density at radius 1 is 1.03 bits per heavy atom. The van der Waals surface area contributed by atoms with E-state index >= 15 is 0 Å². The third-order valence-corrected chi connectivity index (χ3v) is 8.39. The van der Waals surface area contributed by atoms with Crippen molar-refractivity contribution in [1.29, 1.82) is 0 Å². The second-order valence-electron chi connectivity index (χ2n) is 11.4. The van der Waals surface area contributed by atoms with E-state index in [1.54, 1.807) is 7.11 Å². The van der Waals surface area contributed by atoms with Gasteiger partial charge in [-0.1, -0.05) is 11.8 Å². The molecule has 8 heteroatoms. The van der Waals surface area contributed by atoms with Crippen molar-refractivity contribution in [1.82, 2.24) is 19.8 Å². The van der Waals surface area contributed by atoms with Gasteiger partial charge in [-0.3, -0.25) is 4.79 Å². The van der Waals surface area contributed by atoms with E-state index < -0.39 is 0 Å². The van der Waals surface area contributed by atoms with Gasteiger partial charge in [0.05, 0.1) is 18.2 Å². The maximum Gasteiger partial charge on any atom is 0.227 e. The molecule has 3 fully saturated rings. The summed E-state index contributed by atoms with van der Waals surface area (Å²) < 4.78 is 5.77. The number of nitrogens with zero attached hydrogens (tertiary/aromatic N) is 5. The number of hydrogen-bond donors (Lipinski definition) is 1. The summed E-state index contributed by atoms with van der Waals surface area (Å²) in [5.74, 6) is 9.09. The van der Waals surface area contributed by atoms with Crippen LogP contribution >= 0.6 is 0 Å². The fraction of sp³-hybridized carbons (Fsp3) is 0.645. The number of ether oxygens (including phenoxy) is 1. The van der Waals surface area contributed by atoms with E-state index in [1.807, 2.05) is 17.0 Å². The van der Waals surface area contributed by atoms with Crippen molar-refractivity contribution >= 4 is 28.6 Å². The van der Waals surface area contributed by atoms with Gasteiger partial charge in [-0.05, 0) is 70.9 Å². The lowest BCUT2D eigenvalue weighted by molar-refractivity contribution is -0.129. The molecule has 0 bridgehead atoms. The Labute approximate surface area is 233 Å². The van der Waals surface area contributed by atoms with Gasteiger partial charge in [0.2, 0.25) is 11.9 Å². The number of carbonyl (C=O) groups is 1. The molecule has 3 aliphatic heterocycles. The minimum atomic E-state index is 0.209. The number of likely N-dealkylation sites (tertiary alicyclic amines) is 2. The van der Waals surface area contributed by atoms with Crippen molar-refractivity contribution in [3.05, 3.63) is 17.7 Å². The van der Waals surface area contributed by atoms with Gasteiger partial charge in [0.15, 0.2) is 0 Å². The van der Waals surface area contributed by atoms with Crippen molar-refractivity contribution in [2.24, 2.45) is 0 Å². The molecule has 210 valence electrons. The summed E-state index contributed by atoms with van der Waals surface area (Å²) in [7, 11) is 1.68. The van der Waals surface area contributed by atoms with Crippen molar-refractivity contribution in [2.45, 2.75) is 83.7 Å². The summed E-state index contributed by atoms with van der Waals surface area (Å²) in [6.07, 6.45) is 9.04. The van der Waals surface area contributed by atoms with Crippen molar-refractivity contribution in [3.8, 4) is 17.6 Å². The summed E-state index contributed by atoms with van der Waals surface area (Å²) in [4.78, 5) is 29.3. The Morgan fingerprint density at radius 2 is 1.74 bits per heavy atom. The largest absolute Gasteiger partial charge is 0.495 e. The first kappa shape index (κ1) is 27.5. The van der Waals surface area contributed by atoms with Gasteiger partial charge >= 0.3 is 0 Å². The quantitative estimate of drug-likeness (QED) is 0.520. The maximum absolute atomic E-state index is 12.4. The van der Waals surface area contributed by atoms with Crippen LogP contribution in [0.2, 0.25) is 0 Å². The Bertz CT molecular complexity index is 1200. The fourth-order valence-corrected chi connectivity index (χ4v) is 5.96. The highest BCUT2D eigenvalue weighted by Gasteiger charge is 2.24. The number of amides is 1. The second kappa shape index (κ2) is 12.9. The van der Waals surface area contributed by atoms with Crippen LogP contribution in [0.15, 0.2) is 12.1 Å². The zero-order chi connectivity index (χ0) is 27.2. The average Bonchev–Trinajstić information content (AvgIpc) is 3.51. The highest BCUT2D eigenvalue weighted by atomic mass is 16.5. The molecule has 0 unspecified atom stereocenters. The second-order valence-corrected chi connectivity index (χ2v) is 11.4. The first-order valence-electron chi connectivity index (χ1n) is 14.9. The van der Waals surface area contributed by atoms with Crippen molar-refractivity contribution in [2.75, 3.05) is 56.6 Å². The van der Waals surface area contributed by atoms with E-state index in [0.29, 0.717) is 30.7 Å². The van der Waals surface area contributed by atoms with Crippen LogP contribution in [0, 0.1) is 11.8 Å². The standard InChI is InChI=1S/C31H44N6O2/c1-23(2)35-19-13-25(14-20-35)32-30-26-22-28(39-3)24(11-5-6-12-29(38)36-15-9-10-16-36)21-27(26)33-31(34-30)37-17-7-4-8-18-37/h21-23,25H,4,6-10,12-20H2,1-3H3,(H,32,33,34). The predicted octanol–water partition coefficient (Wildman–Crippen LogP) is 4.67. The lowest BCUT2D eigenvalue weighted by Crippen LogP contribution is -2.42. The van der Waals surface area contributed by atoms with Gasteiger partial charge in [-0.2, -0.15) is 4.98 Å². The molecule has 8 nitrogen and oxygen atoms in total. The van der Waals surface area contributed by atoms with E-state index in [9.17, 15) is 4.79 Å². The van der Waals surface area contributed by atoms with Crippen LogP contribution in [0.25, 0.3) is 10.9 Å². The number of nitrogens with one attached hydrogen (secondary N) is 1. The molecule has 5 rings (SSSR count). The first-order chi connectivity index (χ1) is 19.0. The van der Waals surface area contributed by atoms with Crippen molar-refractivity contribution in [3.63, 3.8) is 0 Å². The van der Waals surface area contributed by atoms with Gasteiger partial charge in [0, 0.05) is 69.6 Å². The molecule has 2 aromatic rings. The minimum absolute atomic E-state index is 0.209. The number of anilines is 2. The topological polar surface area (TPSA) is 73.8 Å². The van der Waals surface area contributed by atoms with Crippen LogP contribution in [0.3, 0.4) is 0 Å². The molecule has 3 saturated heterocycles. The van der Waals surface area contributed by atoms with Gasteiger partial charge in [0.1, 0.15) is 11.6 Å². The summed E-state index contributed by atoms with van der Waals surface area (Å²) in [5, 5.41) is 4.75. The lowest BCUT2D eigenvalue weighted by atomic mass is 10.0. The Balaban J connectivity index is 1.40. The van der Waals surface area contributed by atoms with Crippen LogP contribution in [-0.2, 0) is 4.79 Å². The number of piperidine rings is 2. The molecule has 0 atom stereocenters. The number of carbonyl (C=O) groups excluding carboxylic acids is 1. The number of methoxy groups -OCH3 is 1. The molecule has 39 heavy (non-hydrogen) atoms. The highest BCUT2D eigenvalue weighted by molar-refractivity contribution is 5.93. The SMILES string of the molecule is COc1cc2c(NC3CCN(C(C)C)CC3)nc(N3CCCCC3)nc2cc1C#CCCC(=O)N1CCCC1. The van der Waals surface area contributed by atoms with Gasteiger partial charge in [-0.15, -0.1) is 0 Å². The van der Waals surface area contributed by atoms with Crippen LogP contribution in [0.1, 0.15) is 77.2 Å². The van der Waals surface area contributed by atoms with Crippen LogP contribution < -0.4 is 15.0 Å². The van der Waals surface area contributed by atoms with Crippen LogP contribution in [0.5, 0.6) is 5.75 Å². The molecule has 1 amide bonds. The Morgan fingerprint density at radius 3 is 2.44 bits per heavy atom. The minimum Gasteiger partial charge on any atom is -0.495 e. The summed E-state index contributed by atoms with van der Waals surface area (Å²) >= 11 is 0. The van der Waals surface area contributed by atoms with Gasteiger partial charge in [0.25, 0.3) is 0 Å². The number of fused-ring (bicyclic) bond motifs is 1. The molecule has 0 aliphatic carbocycles. The normalized spacial score (nSPS) is 18.9. The molecule has 1 N–H and O–H groups in total. The van der Waals surface area contributed by atoms with E-state index in [-0.39, 0.29) is 5.91 Å². The van der Waals surface area contributed by atoms with Crippen LogP contribution in [-0.4, -0.2) is 84.1 Å². The Kier molecular flexibility index (Phi) is 9.08. The van der Waals surface area contributed by atoms with E-state index in [1.165, 1.54) is 19.3 Å². The molecular weight excluding hydrogens is 488 g/mol. The van der Waals surface area contributed by atoms with Crippen molar-refractivity contribution < 1.29 is 9.53 Å². The highest BCUT2D eigenvalue weighted by Crippen LogP contribution is 2.32. The molecule has 1 aromatic carbocycles. The number of rotatable bonds is 7. The van der Waals surface area contributed by atoms with E-state index in [2.05, 4.69) is 40.8 Å². The smallest absolute Gasteiger partial charge is 0.227 e. The molecule has 0 radical (unpaired) electrons. The fourth-order valence-electron chi connectivity index (χ4n) is 5.96. The maximum atomic E-state index is 12.4. The van der Waals surface area contributed by atoms with Gasteiger partial charge in [-0.25, -0.2) is 4.98 Å². The molecule has 0 spiro atoms. The molecule has 0 saturated carbocycles. The van der Waals surface area contributed by atoms with E-state index in [4.69, 9.17) is 14.7 Å².